The molecule has 1 fully saturated rings. The van der Waals surface area contributed by atoms with Crippen molar-refractivity contribution in [2.45, 2.75) is 25.3 Å². The van der Waals surface area contributed by atoms with Gasteiger partial charge in [-0.1, -0.05) is 0 Å². The van der Waals surface area contributed by atoms with Gasteiger partial charge in [0.1, 0.15) is 25.0 Å². The van der Waals surface area contributed by atoms with Gasteiger partial charge in [0.25, 0.3) is 0 Å². The van der Waals surface area contributed by atoms with E-state index in [1.807, 2.05) is 0 Å². The van der Waals surface area contributed by atoms with Gasteiger partial charge in [0.05, 0.1) is 0 Å². The fourth-order valence-electron chi connectivity index (χ4n) is 1.37. The SMILES string of the molecule is c1ncn(Cc2nc(C3CC3)n[nH]2)n1. The molecule has 3 rings (SSSR count). The van der Waals surface area contributed by atoms with Gasteiger partial charge in [0, 0.05) is 5.92 Å². The number of hydrogen-bond donors (Lipinski definition) is 1. The summed E-state index contributed by atoms with van der Waals surface area (Å²) >= 11 is 0. The molecule has 6 nitrogen and oxygen atoms in total. The predicted octanol–water partition coefficient (Wildman–Crippen LogP) is 0.322. The van der Waals surface area contributed by atoms with Crippen LogP contribution in [0.15, 0.2) is 12.7 Å². The highest BCUT2D eigenvalue weighted by Crippen LogP contribution is 2.37. The molecule has 1 saturated carbocycles. The maximum atomic E-state index is 4.39. The molecule has 6 heteroatoms. The third-order valence-corrected chi connectivity index (χ3v) is 2.27. The molecule has 72 valence electrons. The van der Waals surface area contributed by atoms with E-state index in [-0.39, 0.29) is 0 Å². The van der Waals surface area contributed by atoms with Crippen LogP contribution in [-0.2, 0) is 6.54 Å². The lowest BCUT2D eigenvalue weighted by molar-refractivity contribution is 0.655. The van der Waals surface area contributed by atoms with Crippen LogP contribution in [-0.4, -0.2) is 29.9 Å². The largest absolute Gasteiger partial charge is 0.261 e. The minimum Gasteiger partial charge on any atom is -0.261 e. The third kappa shape index (κ3) is 1.39. The van der Waals surface area contributed by atoms with Crippen molar-refractivity contribution in [2.75, 3.05) is 0 Å². The van der Waals surface area contributed by atoms with E-state index in [1.165, 1.54) is 19.2 Å². The van der Waals surface area contributed by atoms with Crippen LogP contribution in [0.2, 0.25) is 0 Å². The van der Waals surface area contributed by atoms with E-state index < -0.39 is 0 Å². The molecule has 14 heavy (non-hydrogen) atoms. The van der Waals surface area contributed by atoms with Crippen molar-refractivity contribution in [3.8, 4) is 0 Å². The summed E-state index contributed by atoms with van der Waals surface area (Å²) in [6.45, 7) is 0.611. The first-order chi connectivity index (χ1) is 6.92. The highest BCUT2D eigenvalue weighted by atomic mass is 15.3. The van der Waals surface area contributed by atoms with Gasteiger partial charge in [-0.15, -0.1) is 0 Å². The second-order valence-corrected chi connectivity index (χ2v) is 3.51. The monoisotopic (exact) mass is 190 g/mol. The van der Waals surface area contributed by atoms with E-state index in [2.05, 4.69) is 25.3 Å². The fourth-order valence-corrected chi connectivity index (χ4v) is 1.37. The summed E-state index contributed by atoms with van der Waals surface area (Å²) in [4.78, 5) is 8.25. The minimum atomic E-state index is 0.593. The molecule has 2 aromatic rings. The maximum absolute atomic E-state index is 4.39. The predicted molar refractivity (Wildman–Crippen MR) is 47.5 cm³/mol. The molecule has 0 unspecified atom stereocenters. The zero-order valence-corrected chi connectivity index (χ0v) is 7.59. The second kappa shape index (κ2) is 2.90. The van der Waals surface area contributed by atoms with Crippen LogP contribution in [0.5, 0.6) is 0 Å². The molecule has 0 atom stereocenters. The summed E-state index contributed by atoms with van der Waals surface area (Å²) in [5.41, 5.74) is 0. The van der Waals surface area contributed by atoms with Crippen LogP contribution in [0.3, 0.4) is 0 Å². The van der Waals surface area contributed by atoms with Gasteiger partial charge in [-0.3, -0.25) is 5.10 Å². The quantitative estimate of drug-likeness (QED) is 0.756. The molecule has 0 saturated heterocycles. The van der Waals surface area contributed by atoms with Crippen molar-refractivity contribution >= 4 is 0 Å². The Morgan fingerprint density at radius 3 is 3.14 bits per heavy atom. The van der Waals surface area contributed by atoms with Gasteiger partial charge in [0.2, 0.25) is 0 Å². The highest BCUT2D eigenvalue weighted by molar-refractivity contribution is 5.04. The van der Waals surface area contributed by atoms with Gasteiger partial charge in [-0.25, -0.2) is 14.6 Å². The first-order valence-electron chi connectivity index (χ1n) is 4.65. The van der Waals surface area contributed by atoms with Gasteiger partial charge in [-0.05, 0) is 12.8 Å². The molecule has 1 aliphatic rings. The summed E-state index contributed by atoms with van der Waals surface area (Å²) in [5, 5.41) is 11.1. The van der Waals surface area contributed by atoms with Crippen molar-refractivity contribution in [3.05, 3.63) is 24.3 Å². The number of aromatic nitrogens is 6. The number of H-pyrrole nitrogens is 1. The molecule has 2 heterocycles. The molecule has 0 radical (unpaired) electrons. The lowest BCUT2D eigenvalue weighted by Gasteiger charge is -1.93. The Bertz CT molecular complexity index is 413. The number of nitrogens with zero attached hydrogens (tertiary/aromatic N) is 5. The summed E-state index contributed by atoms with van der Waals surface area (Å²) in [7, 11) is 0. The molecular weight excluding hydrogens is 180 g/mol. The van der Waals surface area contributed by atoms with Crippen molar-refractivity contribution in [1.82, 2.24) is 29.9 Å². The van der Waals surface area contributed by atoms with E-state index in [0.29, 0.717) is 12.5 Å². The Hall–Kier alpha value is -1.72. The normalized spacial score (nSPS) is 16.0. The standard InChI is InChI=1S/C8H10N6/c1-2-6(1)8-11-7(12-13-8)3-14-5-9-4-10-14/h4-6H,1-3H2,(H,11,12,13). The van der Waals surface area contributed by atoms with E-state index >= 15 is 0 Å². The maximum Gasteiger partial charge on any atom is 0.153 e. The van der Waals surface area contributed by atoms with Crippen LogP contribution >= 0.6 is 0 Å². The van der Waals surface area contributed by atoms with E-state index in [0.717, 1.165) is 11.6 Å². The van der Waals surface area contributed by atoms with Crippen molar-refractivity contribution in [2.24, 2.45) is 0 Å². The van der Waals surface area contributed by atoms with E-state index in [1.54, 1.807) is 11.0 Å². The molecule has 2 aromatic heterocycles. The molecule has 0 aromatic carbocycles. The lowest BCUT2D eigenvalue weighted by atomic mass is 10.4. The third-order valence-electron chi connectivity index (χ3n) is 2.27. The Labute approximate surface area is 80.4 Å². The van der Waals surface area contributed by atoms with E-state index in [4.69, 9.17) is 0 Å². The van der Waals surface area contributed by atoms with Crippen molar-refractivity contribution in [1.29, 1.82) is 0 Å². The van der Waals surface area contributed by atoms with Crippen LogP contribution < -0.4 is 0 Å². The number of nitrogens with one attached hydrogen (secondary N) is 1. The Morgan fingerprint density at radius 2 is 2.43 bits per heavy atom. The molecule has 0 bridgehead atoms. The molecule has 0 amide bonds. The summed E-state index contributed by atoms with van der Waals surface area (Å²) in [6, 6.07) is 0. The van der Waals surface area contributed by atoms with Gasteiger partial charge in [-0.2, -0.15) is 10.2 Å². The van der Waals surface area contributed by atoms with Gasteiger partial charge in [0.15, 0.2) is 5.82 Å². The number of rotatable bonds is 3. The zero-order chi connectivity index (χ0) is 9.38. The Morgan fingerprint density at radius 1 is 1.50 bits per heavy atom. The first-order valence-corrected chi connectivity index (χ1v) is 4.65. The molecule has 0 aliphatic heterocycles. The van der Waals surface area contributed by atoms with Crippen LogP contribution in [0.4, 0.5) is 0 Å². The lowest BCUT2D eigenvalue weighted by Crippen LogP contribution is -2.01. The average Bonchev–Trinajstić information content (AvgIpc) is 2.75. The van der Waals surface area contributed by atoms with Crippen LogP contribution in [0.1, 0.15) is 30.4 Å². The van der Waals surface area contributed by atoms with Crippen molar-refractivity contribution < 1.29 is 0 Å². The molecule has 1 aliphatic carbocycles. The van der Waals surface area contributed by atoms with Crippen LogP contribution in [0, 0.1) is 0 Å². The highest BCUT2D eigenvalue weighted by Gasteiger charge is 2.27. The molecule has 1 N–H and O–H groups in total. The van der Waals surface area contributed by atoms with E-state index in [9.17, 15) is 0 Å². The Balaban J connectivity index is 1.76. The number of aromatic amines is 1. The summed E-state index contributed by atoms with van der Waals surface area (Å²) < 4.78 is 1.72. The Kier molecular flexibility index (Phi) is 1.59. The van der Waals surface area contributed by atoms with Crippen LogP contribution in [0.25, 0.3) is 0 Å². The molecule has 0 spiro atoms. The minimum absolute atomic E-state index is 0.593. The topological polar surface area (TPSA) is 72.3 Å². The fraction of sp³-hybridized carbons (Fsp3) is 0.500. The van der Waals surface area contributed by atoms with Gasteiger partial charge < -0.3 is 0 Å². The average molecular weight is 190 g/mol. The molecular formula is C8H10N6. The second-order valence-electron chi connectivity index (χ2n) is 3.51. The summed E-state index contributed by atoms with van der Waals surface area (Å²) in [6.07, 6.45) is 5.62. The number of hydrogen-bond acceptors (Lipinski definition) is 4. The summed E-state index contributed by atoms with van der Waals surface area (Å²) in [5.74, 6) is 2.38. The van der Waals surface area contributed by atoms with Crippen molar-refractivity contribution in [3.63, 3.8) is 0 Å². The zero-order valence-electron chi connectivity index (χ0n) is 7.59. The smallest absolute Gasteiger partial charge is 0.153 e. The van der Waals surface area contributed by atoms with Gasteiger partial charge >= 0.3 is 0 Å². The first kappa shape index (κ1) is 7.66.